The molecule has 0 rings (SSSR count). The molecule has 0 unspecified atom stereocenters. The summed E-state index contributed by atoms with van der Waals surface area (Å²) in [6.45, 7) is 2.05. The van der Waals surface area contributed by atoms with E-state index in [4.69, 9.17) is 0 Å². The van der Waals surface area contributed by atoms with Crippen LogP contribution in [0.5, 0.6) is 0 Å². The highest BCUT2D eigenvalue weighted by atomic mass is 16.6. The Morgan fingerprint density at radius 3 is 2.22 bits per heavy atom. The SMILES string of the molecule is CCCCC/C(=C\C/C=C\C/C(=C\CCCCCC[C]=O)[N+](=O)[O-])[N+](=O)[O-]. The van der Waals surface area contributed by atoms with Crippen molar-refractivity contribution in [2.45, 2.75) is 84.0 Å². The Morgan fingerprint density at radius 1 is 0.889 bits per heavy atom. The third-order valence-electron chi connectivity index (χ3n) is 4.10. The van der Waals surface area contributed by atoms with Gasteiger partial charge in [0, 0.05) is 12.8 Å². The zero-order valence-corrected chi connectivity index (χ0v) is 16.2. The van der Waals surface area contributed by atoms with Crippen LogP contribution in [0.3, 0.4) is 0 Å². The molecule has 0 aromatic carbocycles. The molecule has 0 aliphatic heterocycles. The minimum Gasteiger partial charge on any atom is -0.291 e. The van der Waals surface area contributed by atoms with Crippen LogP contribution in [0.15, 0.2) is 35.7 Å². The third kappa shape index (κ3) is 14.5. The maximum atomic E-state index is 11.1. The van der Waals surface area contributed by atoms with Crippen molar-refractivity contribution in [3.8, 4) is 0 Å². The van der Waals surface area contributed by atoms with Crippen LogP contribution < -0.4 is 0 Å². The van der Waals surface area contributed by atoms with E-state index in [9.17, 15) is 25.0 Å². The van der Waals surface area contributed by atoms with E-state index in [1.54, 1.807) is 24.3 Å². The summed E-state index contributed by atoms with van der Waals surface area (Å²) in [5.74, 6) is 0. The van der Waals surface area contributed by atoms with Crippen molar-refractivity contribution >= 4 is 6.29 Å². The first-order valence-electron chi connectivity index (χ1n) is 9.69. The fourth-order valence-corrected chi connectivity index (χ4v) is 2.52. The van der Waals surface area contributed by atoms with Crippen LogP contribution in [0.25, 0.3) is 0 Å². The number of hydrogen-bond acceptors (Lipinski definition) is 5. The molecule has 0 aromatic rings. The van der Waals surface area contributed by atoms with E-state index < -0.39 is 0 Å². The quantitative estimate of drug-likeness (QED) is 0.140. The Bertz CT molecular complexity index is 538. The van der Waals surface area contributed by atoms with E-state index in [1.807, 2.05) is 13.2 Å². The Kier molecular flexibility index (Phi) is 15.7. The Hall–Kier alpha value is -2.31. The summed E-state index contributed by atoms with van der Waals surface area (Å²) in [6, 6.07) is 0. The van der Waals surface area contributed by atoms with Crippen molar-refractivity contribution in [2.75, 3.05) is 0 Å². The second-order valence-electron chi connectivity index (χ2n) is 6.37. The first-order chi connectivity index (χ1) is 13.0. The predicted octanol–water partition coefficient (Wildman–Crippen LogP) is 5.67. The van der Waals surface area contributed by atoms with Gasteiger partial charge >= 0.3 is 0 Å². The van der Waals surface area contributed by atoms with Crippen LogP contribution in [0.4, 0.5) is 0 Å². The summed E-state index contributed by atoms with van der Waals surface area (Å²) in [4.78, 5) is 31.4. The fourth-order valence-electron chi connectivity index (χ4n) is 2.52. The van der Waals surface area contributed by atoms with Gasteiger partial charge in [0.05, 0.1) is 16.3 Å². The van der Waals surface area contributed by atoms with Crippen molar-refractivity contribution in [2.24, 2.45) is 0 Å². The van der Waals surface area contributed by atoms with E-state index in [0.29, 0.717) is 25.7 Å². The number of carbonyl (C=O) groups excluding carboxylic acids is 1. The van der Waals surface area contributed by atoms with E-state index in [1.165, 1.54) is 0 Å². The third-order valence-corrected chi connectivity index (χ3v) is 4.10. The minimum absolute atomic E-state index is 0.147. The Morgan fingerprint density at radius 2 is 1.59 bits per heavy atom. The molecule has 0 fully saturated rings. The molecule has 0 bridgehead atoms. The second kappa shape index (κ2) is 17.1. The number of nitro groups is 2. The van der Waals surface area contributed by atoms with Crippen molar-refractivity contribution in [3.05, 3.63) is 55.9 Å². The van der Waals surface area contributed by atoms with Gasteiger partial charge in [0.2, 0.25) is 11.4 Å². The van der Waals surface area contributed by atoms with Gasteiger partial charge in [-0.05, 0) is 44.3 Å². The molecule has 7 heteroatoms. The van der Waals surface area contributed by atoms with Gasteiger partial charge in [-0.1, -0.05) is 44.8 Å². The van der Waals surface area contributed by atoms with Crippen LogP contribution in [-0.4, -0.2) is 16.1 Å². The van der Waals surface area contributed by atoms with E-state index in [-0.39, 0.29) is 27.7 Å². The number of allylic oxidation sites excluding steroid dienone is 5. The first kappa shape index (κ1) is 24.7. The Balaban J connectivity index is 4.32. The van der Waals surface area contributed by atoms with Gasteiger partial charge in [0.25, 0.3) is 0 Å². The second-order valence-corrected chi connectivity index (χ2v) is 6.37. The number of nitrogens with zero attached hydrogens (tertiary/aromatic N) is 2. The molecule has 0 saturated carbocycles. The van der Waals surface area contributed by atoms with Crippen LogP contribution >= 0.6 is 0 Å². The molecule has 27 heavy (non-hydrogen) atoms. The normalized spacial score (nSPS) is 12.5. The largest absolute Gasteiger partial charge is 0.291 e. The predicted molar refractivity (Wildman–Crippen MR) is 106 cm³/mol. The molecule has 0 N–H and O–H groups in total. The maximum absolute atomic E-state index is 11.1. The number of unbranched alkanes of at least 4 members (excludes halogenated alkanes) is 7. The van der Waals surface area contributed by atoms with Gasteiger partial charge in [0.15, 0.2) is 6.29 Å². The smallest absolute Gasteiger partial charge is 0.246 e. The summed E-state index contributed by atoms with van der Waals surface area (Å²) < 4.78 is 0. The lowest BCUT2D eigenvalue weighted by molar-refractivity contribution is -0.428. The standard InChI is InChI=1S/C20H31N2O5/c1-2-3-9-14-19(21(24)25)16-11-8-12-17-20(22(26)27)15-10-6-4-5-7-13-18-23/h8,12,15-16H,2-7,9-11,13-14,17H2,1H3/b12-8-,19-16+,20-15+. The average Bonchev–Trinajstić information content (AvgIpc) is 2.63. The van der Waals surface area contributed by atoms with Crippen molar-refractivity contribution in [3.63, 3.8) is 0 Å². The van der Waals surface area contributed by atoms with Gasteiger partial charge in [-0.15, -0.1) is 0 Å². The summed E-state index contributed by atoms with van der Waals surface area (Å²) in [6.07, 6.45) is 17.0. The molecule has 0 atom stereocenters. The molecular formula is C20H31N2O5. The minimum atomic E-state index is -0.380. The lowest BCUT2D eigenvalue weighted by atomic mass is 10.1. The summed E-state index contributed by atoms with van der Waals surface area (Å²) >= 11 is 0. The van der Waals surface area contributed by atoms with Gasteiger partial charge in [-0.25, -0.2) is 0 Å². The Labute approximate surface area is 161 Å². The van der Waals surface area contributed by atoms with Crippen LogP contribution in [0.1, 0.15) is 84.0 Å². The average molecular weight is 379 g/mol. The molecule has 0 aliphatic carbocycles. The van der Waals surface area contributed by atoms with E-state index >= 15 is 0 Å². The van der Waals surface area contributed by atoms with Crippen LogP contribution in [0, 0.1) is 20.2 Å². The molecule has 0 aliphatic rings. The molecular weight excluding hydrogens is 348 g/mol. The molecule has 151 valence electrons. The van der Waals surface area contributed by atoms with Crippen molar-refractivity contribution in [1.29, 1.82) is 0 Å². The zero-order chi connectivity index (χ0) is 20.3. The van der Waals surface area contributed by atoms with Crippen LogP contribution in [0.2, 0.25) is 0 Å². The highest BCUT2D eigenvalue weighted by Crippen LogP contribution is 2.12. The van der Waals surface area contributed by atoms with Crippen LogP contribution in [-0.2, 0) is 4.79 Å². The first-order valence-corrected chi connectivity index (χ1v) is 9.69. The highest BCUT2D eigenvalue weighted by molar-refractivity contribution is 5.50. The molecule has 0 spiro atoms. The molecule has 0 heterocycles. The van der Waals surface area contributed by atoms with E-state index in [0.717, 1.165) is 44.9 Å². The summed E-state index contributed by atoms with van der Waals surface area (Å²) in [5.41, 5.74) is 0.360. The fraction of sp³-hybridized carbons (Fsp3) is 0.650. The maximum Gasteiger partial charge on any atom is 0.246 e. The molecule has 0 aromatic heterocycles. The van der Waals surface area contributed by atoms with E-state index in [2.05, 4.69) is 0 Å². The molecule has 1 radical (unpaired) electrons. The summed E-state index contributed by atoms with van der Waals surface area (Å²) in [7, 11) is 0. The lowest BCUT2D eigenvalue weighted by Crippen LogP contribution is -1.99. The number of hydrogen-bond donors (Lipinski definition) is 0. The van der Waals surface area contributed by atoms with Crippen molar-refractivity contribution in [1.82, 2.24) is 0 Å². The van der Waals surface area contributed by atoms with Gasteiger partial charge < -0.3 is 0 Å². The summed E-state index contributed by atoms with van der Waals surface area (Å²) in [5, 5.41) is 22.1. The topological polar surface area (TPSA) is 103 Å². The molecule has 7 nitrogen and oxygen atoms in total. The van der Waals surface area contributed by atoms with Gasteiger partial charge in [0.1, 0.15) is 0 Å². The monoisotopic (exact) mass is 379 g/mol. The van der Waals surface area contributed by atoms with Gasteiger partial charge in [-0.3, -0.25) is 25.0 Å². The molecule has 0 saturated heterocycles. The van der Waals surface area contributed by atoms with Gasteiger partial charge in [-0.2, -0.15) is 0 Å². The zero-order valence-electron chi connectivity index (χ0n) is 16.2. The van der Waals surface area contributed by atoms with Crippen molar-refractivity contribution < 1.29 is 14.6 Å². The highest BCUT2D eigenvalue weighted by Gasteiger charge is 2.09. The molecule has 0 amide bonds. The number of rotatable bonds is 17. The lowest BCUT2D eigenvalue weighted by Gasteiger charge is -1.98.